The van der Waals surface area contributed by atoms with Gasteiger partial charge in [-0.2, -0.15) is 0 Å². The number of ketones is 1. The fourth-order valence-corrected chi connectivity index (χ4v) is 3.80. The zero-order chi connectivity index (χ0) is 22.2. The van der Waals surface area contributed by atoms with Crippen LogP contribution in [0.15, 0.2) is 72.4 Å². The van der Waals surface area contributed by atoms with Gasteiger partial charge in [-0.25, -0.2) is 0 Å². The Hall–Kier alpha value is -3.39. The van der Waals surface area contributed by atoms with E-state index >= 15 is 0 Å². The lowest BCUT2D eigenvalue weighted by Gasteiger charge is -2.15. The monoisotopic (exact) mass is 436 g/mol. The van der Waals surface area contributed by atoms with E-state index in [9.17, 15) is 9.59 Å². The van der Waals surface area contributed by atoms with Gasteiger partial charge in [-0.1, -0.05) is 36.0 Å². The van der Waals surface area contributed by atoms with E-state index in [4.69, 9.17) is 4.74 Å². The molecule has 7 nitrogen and oxygen atoms in total. The second kappa shape index (κ2) is 10.6. The van der Waals surface area contributed by atoms with Gasteiger partial charge in [0.25, 0.3) is 5.91 Å². The molecule has 3 aromatic rings. The number of thioether (sulfide) groups is 1. The minimum absolute atomic E-state index is 0.0206. The quantitative estimate of drug-likeness (QED) is 0.294. The van der Waals surface area contributed by atoms with Crippen molar-refractivity contribution in [1.82, 2.24) is 20.1 Å². The Morgan fingerprint density at radius 2 is 1.84 bits per heavy atom. The second-order valence-corrected chi connectivity index (χ2v) is 7.68. The van der Waals surface area contributed by atoms with Crippen LogP contribution >= 0.6 is 11.8 Å². The lowest BCUT2D eigenvalue weighted by molar-refractivity contribution is 0.0937. The summed E-state index contributed by atoms with van der Waals surface area (Å²) in [4.78, 5) is 25.0. The number of benzene rings is 2. The van der Waals surface area contributed by atoms with Crippen molar-refractivity contribution in [3.8, 4) is 5.75 Å². The molecule has 3 rings (SSSR count). The van der Waals surface area contributed by atoms with Gasteiger partial charge in [-0.15, -0.1) is 16.8 Å². The molecule has 1 N–H and O–H groups in total. The van der Waals surface area contributed by atoms with Crippen LogP contribution in [0.25, 0.3) is 0 Å². The number of ether oxygens (including phenoxy) is 1. The summed E-state index contributed by atoms with van der Waals surface area (Å²) in [5.74, 6) is 1.31. The van der Waals surface area contributed by atoms with E-state index in [0.717, 1.165) is 0 Å². The molecule has 1 atom stereocenters. The molecule has 0 saturated carbocycles. The van der Waals surface area contributed by atoms with Gasteiger partial charge < -0.3 is 14.6 Å². The Morgan fingerprint density at radius 1 is 1.13 bits per heavy atom. The fourth-order valence-electron chi connectivity index (χ4n) is 2.95. The summed E-state index contributed by atoms with van der Waals surface area (Å²) in [6.07, 6.45) is 1.73. The summed E-state index contributed by atoms with van der Waals surface area (Å²) < 4.78 is 6.98. The number of nitrogens with zero attached hydrogens (tertiary/aromatic N) is 3. The predicted octanol–water partition coefficient (Wildman–Crippen LogP) is 3.94. The molecule has 0 aliphatic rings. The zero-order valence-electron chi connectivity index (χ0n) is 17.4. The number of rotatable bonds is 10. The van der Waals surface area contributed by atoms with Crippen LogP contribution in [0.3, 0.4) is 0 Å². The van der Waals surface area contributed by atoms with Crippen LogP contribution in [0.4, 0.5) is 0 Å². The van der Waals surface area contributed by atoms with Gasteiger partial charge in [0.15, 0.2) is 16.8 Å². The van der Waals surface area contributed by atoms with Gasteiger partial charge in [0.05, 0.1) is 18.9 Å². The maximum Gasteiger partial charge on any atom is 0.251 e. The van der Waals surface area contributed by atoms with Crippen molar-refractivity contribution >= 4 is 23.5 Å². The lowest BCUT2D eigenvalue weighted by Crippen LogP contribution is -2.28. The summed E-state index contributed by atoms with van der Waals surface area (Å²) in [7, 11) is 1.58. The first-order valence-electron chi connectivity index (χ1n) is 9.73. The van der Waals surface area contributed by atoms with E-state index in [2.05, 4.69) is 22.1 Å². The third kappa shape index (κ3) is 5.61. The van der Waals surface area contributed by atoms with Gasteiger partial charge in [-0.3, -0.25) is 9.59 Å². The van der Waals surface area contributed by atoms with Gasteiger partial charge in [0.1, 0.15) is 5.75 Å². The highest BCUT2D eigenvalue weighted by Crippen LogP contribution is 2.22. The first-order chi connectivity index (χ1) is 15.0. The minimum Gasteiger partial charge on any atom is -0.497 e. The van der Waals surface area contributed by atoms with Crippen molar-refractivity contribution in [2.75, 3.05) is 12.9 Å². The highest BCUT2D eigenvalue weighted by Gasteiger charge is 2.20. The van der Waals surface area contributed by atoms with Crippen LogP contribution < -0.4 is 10.1 Å². The Labute approximate surface area is 185 Å². The van der Waals surface area contributed by atoms with E-state index in [1.807, 2.05) is 29.7 Å². The molecule has 0 saturated heterocycles. The van der Waals surface area contributed by atoms with Crippen molar-refractivity contribution in [2.45, 2.75) is 24.7 Å². The van der Waals surface area contributed by atoms with E-state index in [0.29, 0.717) is 34.4 Å². The first kappa shape index (κ1) is 22.3. The lowest BCUT2D eigenvalue weighted by atomic mass is 10.1. The Kier molecular flexibility index (Phi) is 7.61. The number of allylic oxidation sites excluding steroid dienone is 1. The molecular formula is C23H24N4O3S. The smallest absolute Gasteiger partial charge is 0.251 e. The number of carbonyl (C=O) groups is 2. The standard InChI is InChI=1S/C23H24N4O3S/c1-4-14-27-21(16(2)24-22(29)18-8-6-5-7-9-18)25-26-23(27)31-15-20(28)17-10-12-19(30-3)13-11-17/h4-13,16H,1,14-15H2,2-3H3,(H,24,29)/t16-/m1/s1. The molecule has 160 valence electrons. The van der Waals surface area contributed by atoms with Gasteiger partial charge in [0.2, 0.25) is 0 Å². The van der Waals surface area contributed by atoms with Crippen molar-refractivity contribution in [3.05, 3.63) is 84.2 Å². The third-order valence-corrected chi connectivity index (χ3v) is 5.54. The summed E-state index contributed by atoms with van der Waals surface area (Å²) in [5.41, 5.74) is 1.18. The Bertz CT molecular complexity index is 1050. The van der Waals surface area contributed by atoms with Crippen LogP contribution in [-0.2, 0) is 6.54 Å². The molecule has 8 heteroatoms. The predicted molar refractivity (Wildman–Crippen MR) is 121 cm³/mol. The SMILES string of the molecule is C=CCn1c(SCC(=O)c2ccc(OC)cc2)nnc1[C@@H](C)NC(=O)c1ccccc1. The van der Waals surface area contributed by atoms with Crippen LogP contribution in [0.1, 0.15) is 39.5 Å². The van der Waals surface area contributed by atoms with Crippen molar-refractivity contribution < 1.29 is 14.3 Å². The zero-order valence-corrected chi connectivity index (χ0v) is 18.3. The molecule has 31 heavy (non-hydrogen) atoms. The topological polar surface area (TPSA) is 86.1 Å². The largest absolute Gasteiger partial charge is 0.497 e. The van der Waals surface area contributed by atoms with Crippen molar-refractivity contribution in [3.63, 3.8) is 0 Å². The second-order valence-electron chi connectivity index (χ2n) is 6.74. The Balaban J connectivity index is 1.69. The van der Waals surface area contributed by atoms with Gasteiger partial charge in [-0.05, 0) is 43.3 Å². The molecule has 0 radical (unpaired) electrons. The number of hydrogen-bond acceptors (Lipinski definition) is 6. The molecule has 2 aromatic carbocycles. The van der Waals surface area contributed by atoms with Crippen LogP contribution in [0.5, 0.6) is 5.75 Å². The van der Waals surface area contributed by atoms with E-state index < -0.39 is 0 Å². The molecule has 1 amide bonds. The summed E-state index contributed by atoms with van der Waals surface area (Å²) in [5, 5.41) is 12.0. The highest BCUT2D eigenvalue weighted by atomic mass is 32.2. The number of Topliss-reactive ketones (excluding diaryl/α,β-unsaturated/α-hetero) is 1. The molecule has 0 spiro atoms. The van der Waals surface area contributed by atoms with E-state index in [1.165, 1.54) is 11.8 Å². The number of methoxy groups -OCH3 is 1. The highest BCUT2D eigenvalue weighted by molar-refractivity contribution is 7.99. The average molecular weight is 437 g/mol. The molecule has 0 aliphatic carbocycles. The Morgan fingerprint density at radius 3 is 2.48 bits per heavy atom. The van der Waals surface area contributed by atoms with Crippen molar-refractivity contribution in [2.24, 2.45) is 0 Å². The van der Waals surface area contributed by atoms with Gasteiger partial charge in [0, 0.05) is 17.7 Å². The summed E-state index contributed by atoms with van der Waals surface area (Å²) >= 11 is 1.30. The molecule has 0 unspecified atom stereocenters. The molecule has 0 aliphatic heterocycles. The number of nitrogens with one attached hydrogen (secondary N) is 1. The summed E-state index contributed by atoms with van der Waals surface area (Å²) in [6, 6.07) is 15.6. The number of aromatic nitrogens is 3. The third-order valence-electron chi connectivity index (χ3n) is 4.57. The number of hydrogen-bond donors (Lipinski definition) is 1. The molecular weight excluding hydrogens is 412 g/mol. The number of amides is 1. The van der Waals surface area contributed by atoms with Gasteiger partial charge >= 0.3 is 0 Å². The first-order valence-corrected chi connectivity index (χ1v) is 10.7. The van der Waals surface area contributed by atoms with Crippen LogP contribution in [0, 0.1) is 0 Å². The maximum atomic E-state index is 12.5. The molecule has 0 fully saturated rings. The van der Waals surface area contributed by atoms with Crippen LogP contribution in [0.2, 0.25) is 0 Å². The van der Waals surface area contributed by atoms with Crippen LogP contribution in [-0.4, -0.2) is 39.3 Å². The maximum absolute atomic E-state index is 12.5. The fraction of sp³-hybridized carbons (Fsp3) is 0.217. The normalized spacial score (nSPS) is 11.5. The molecule has 0 bridgehead atoms. The van der Waals surface area contributed by atoms with Crippen molar-refractivity contribution in [1.29, 1.82) is 0 Å². The van der Waals surface area contributed by atoms with E-state index in [1.54, 1.807) is 49.6 Å². The van der Waals surface area contributed by atoms with E-state index in [-0.39, 0.29) is 23.5 Å². The molecule has 1 heterocycles. The summed E-state index contributed by atoms with van der Waals surface area (Å²) in [6.45, 7) is 6.11. The number of carbonyl (C=O) groups excluding carboxylic acids is 2. The average Bonchev–Trinajstić information content (AvgIpc) is 3.21. The minimum atomic E-state index is -0.369. The molecule has 1 aromatic heterocycles.